The highest BCUT2D eigenvalue weighted by molar-refractivity contribution is 14.0. The third kappa shape index (κ3) is 9.13. The average molecular weight is 530 g/mol. The quantitative estimate of drug-likeness (QED) is 0.218. The van der Waals surface area contributed by atoms with Gasteiger partial charge in [0.25, 0.3) is 0 Å². The van der Waals surface area contributed by atoms with Crippen LogP contribution in [-0.2, 0) is 14.8 Å². The molecule has 1 fully saturated rings. The fourth-order valence-electron chi connectivity index (χ4n) is 2.47. The molecule has 0 amide bonds. The minimum atomic E-state index is -5.25. The molecular formula is C15H30F3IN4O3S. The van der Waals surface area contributed by atoms with Crippen molar-refractivity contribution in [3.8, 4) is 0 Å². The number of rotatable bonds is 8. The van der Waals surface area contributed by atoms with Crippen LogP contribution in [0.5, 0.6) is 0 Å². The summed E-state index contributed by atoms with van der Waals surface area (Å²) in [6.07, 6.45) is 1.37. The molecule has 1 rings (SSSR count). The highest BCUT2D eigenvalue weighted by atomic mass is 127. The maximum atomic E-state index is 12.6. The number of halogens is 4. The van der Waals surface area contributed by atoms with Gasteiger partial charge in [-0.05, 0) is 25.2 Å². The summed E-state index contributed by atoms with van der Waals surface area (Å²) in [5.41, 5.74) is -5.25. The van der Waals surface area contributed by atoms with Crippen molar-refractivity contribution in [1.29, 1.82) is 0 Å². The third-order valence-electron chi connectivity index (χ3n) is 3.86. The second-order valence-electron chi connectivity index (χ2n) is 6.59. The summed E-state index contributed by atoms with van der Waals surface area (Å²) in [6.45, 7) is 5.82. The molecule has 1 aliphatic heterocycles. The number of alkyl halides is 3. The Morgan fingerprint density at radius 1 is 1.30 bits per heavy atom. The lowest BCUT2D eigenvalue weighted by atomic mass is 10.1. The van der Waals surface area contributed by atoms with Crippen molar-refractivity contribution in [3.63, 3.8) is 0 Å². The summed E-state index contributed by atoms with van der Waals surface area (Å²) in [5.74, 6) is 1.04. The molecule has 0 aliphatic carbocycles. The molecule has 12 heteroatoms. The van der Waals surface area contributed by atoms with Gasteiger partial charge in [0.05, 0.1) is 0 Å². The Hall–Kier alpha value is -0.340. The van der Waals surface area contributed by atoms with E-state index in [0.717, 1.165) is 6.42 Å². The van der Waals surface area contributed by atoms with Gasteiger partial charge < -0.3 is 15.4 Å². The van der Waals surface area contributed by atoms with Crippen LogP contribution in [0, 0.1) is 5.92 Å². The second kappa shape index (κ2) is 12.3. The molecular weight excluding hydrogens is 500 g/mol. The predicted molar refractivity (Wildman–Crippen MR) is 110 cm³/mol. The molecule has 0 aromatic rings. The maximum absolute atomic E-state index is 12.6. The van der Waals surface area contributed by atoms with Crippen molar-refractivity contribution in [2.24, 2.45) is 10.9 Å². The number of aliphatic imine (C=N–C) groups is 1. The average Bonchev–Trinajstić information content (AvgIpc) is 2.56. The Labute approximate surface area is 176 Å². The standard InChI is InChI=1S/C15H29F3N4O3S.HI/c1-12(2)11-25-10-4-7-20-14(19-3)21-13-5-8-22(9-6-13)26(23,24)15(16,17)18;/h12-13H,4-11H2,1-3H3,(H2,19,20,21);1H. The van der Waals surface area contributed by atoms with Gasteiger partial charge in [-0.15, -0.1) is 24.0 Å². The molecule has 1 saturated heterocycles. The minimum absolute atomic E-state index is 0. The van der Waals surface area contributed by atoms with Gasteiger partial charge in [0.1, 0.15) is 0 Å². The second-order valence-corrected chi connectivity index (χ2v) is 8.52. The molecule has 0 atom stereocenters. The highest BCUT2D eigenvalue weighted by Gasteiger charge is 2.50. The van der Waals surface area contributed by atoms with Gasteiger partial charge >= 0.3 is 15.5 Å². The van der Waals surface area contributed by atoms with E-state index in [4.69, 9.17) is 4.74 Å². The first kappa shape index (κ1) is 26.7. The van der Waals surface area contributed by atoms with Crippen LogP contribution < -0.4 is 10.6 Å². The largest absolute Gasteiger partial charge is 0.511 e. The smallest absolute Gasteiger partial charge is 0.381 e. The monoisotopic (exact) mass is 530 g/mol. The first-order chi connectivity index (χ1) is 12.1. The fourth-order valence-corrected chi connectivity index (χ4v) is 3.46. The van der Waals surface area contributed by atoms with Crippen molar-refractivity contribution < 1.29 is 26.3 Å². The molecule has 2 N–H and O–H groups in total. The SMILES string of the molecule is CN=C(NCCCOCC(C)C)NC1CCN(S(=O)(=O)C(F)(F)F)CC1.I. The number of hydrogen-bond acceptors (Lipinski definition) is 4. The summed E-state index contributed by atoms with van der Waals surface area (Å²) in [4.78, 5) is 4.08. The zero-order chi connectivity index (χ0) is 19.8. The summed E-state index contributed by atoms with van der Waals surface area (Å²) in [7, 11) is -3.64. The number of guanidine groups is 1. The summed E-state index contributed by atoms with van der Waals surface area (Å²) < 4.78 is 66.5. The summed E-state index contributed by atoms with van der Waals surface area (Å²) >= 11 is 0. The van der Waals surface area contributed by atoms with E-state index in [-0.39, 0.29) is 55.9 Å². The molecule has 1 heterocycles. The lowest BCUT2D eigenvalue weighted by molar-refractivity contribution is -0.0494. The van der Waals surface area contributed by atoms with Crippen LogP contribution in [0.25, 0.3) is 0 Å². The Balaban J connectivity index is 0.00000676. The van der Waals surface area contributed by atoms with Crippen molar-refractivity contribution in [2.75, 3.05) is 39.9 Å². The van der Waals surface area contributed by atoms with Crippen LogP contribution >= 0.6 is 24.0 Å². The van der Waals surface area contributed by atoms with E-state index in [2.05, 4.69) is 29.5 Å². The van der Waals surface area contributed by atoms with E-state index in [1.54, 1.807) is 7.05 Å². The molecule has 0 unspecified atom stereocenters. The molecule has 162 valence electrons. The molecule has 0 saturated carbocycles. The van der Waals surface area contributed by atoms with E-state index in [1.807, 2.05) is 0 Å². The van der Waals surface area contributed by atoms with Gasteiger partial charge in [-0.1, -0.05) is 13.8 Å². The van der Waals surface area contributed by atoms with Gasteiger partial charge in [-0.25, -0.2) is 8.42 Å². The van der Waals surface area contributed by atoms with E-state index >= 15 is 0 Å². The summed E-state index contributed by atoms with van der Waals surface area (Å²) in [5, 5.41) is 6.24. The van der Waals surface area contributed by atoms with Gasteiger partial charge in [0.15, 0.2) is 5.96 Å². The normalized spacial score (nSPS) is 17.7. The molecule has 7 nitrogen and oxygen atoms in total. The molecule has 0 spiro atoms. The van der Waals surface area contributed by atoms with Crippen LogP contribution in [0.3, 0.4) is 0 Å². The van der Waals surface area contributed by atoms with Crippen LogP contribution in [0.2, 0.25) is 0 Å². The Bertz CT molecular complexity index is 551. The van der Waals surface area contributed by atoms with E-state index < -0.39 is 15.5 Å². The Morgan fingerprint density at radius 3 is 2.37 bits per heavy atom. The molecule has 0 radical (unpaired) electrons. The molecule has 0 aromatic heterocycles. The number of ether oxygens (including phenoxy) is 1. The fraction of sp³-hybridized carbons (Fsp3) is 0.933. The molecule has 27 heavy (non-hydrogen) atoms. The van der Waals surface area contributed by atoms with Crippen LogP contribution in [-0.4, -0.2) is 70.1 Å². The van der Waals surface area contributed by atoms with Crippen LogP contribution in [0.4, 0.5) is 13.2 Å². The summed E-state index contributed by atoms with van der Waals surface area (Å²) in [6, 6.07) is -0.127. The van der Waals surface area contributed by atoms with Crippen molar-refractivity contribution in [3.05, 3.63) is 0 Å². The zero-order valence-corrected chi connectivity index (χ0v) is 19.0. The van der Waals surface area contributed by atoms with E-state index in [0.29, 0.717) is 35.9 Å². The zero-order valence-electron chi connectivity index (χ0n) is 15.9. The van der Waals surface area contributed by atoms with Gasteiger partial charge in [-0.3, -0.25) is 4.99 Å². The highest BCUT2D eigenvalue weighted by Crippen LogP contribution is 2.28. The molecule has 1 aliphatic rings. The lowest BCUT2D eigenvalue weighted by Crippen LogP contribution is -2.51. The van der Waals surface area contributed by atoms with Gasteiger partial charge in [-0.2, -0.15) is 17.5 Å². The Morgan fingerprint density at radius 2 is 1.89 bits per heavy atom. The lowest BCUT2D eigenvalue weighted by Gasteiger charge is -2.32. The Kier molecular flexibility index (Phi) is 12.1. The number of nitrogens with zero attached hydrogens (tertiary/aromatic N) is 2. The molecule has 0 bridgehead atoms. The van der Waals surface area contributed by atoms with Crippen LogP contribution in [0.1, 0.15) is 33.1 Å². The minimum Gasteiger partial charge on any atom is -0.381 e. The van der Waals surface area contributed by atoms with Crippen molar-refractivity contribution in [2.45, 2.75) is 44.7 Å². The number of piperidine rings is 1. The van der Waals surface area contributed by atoms with Crippen LogP contribution in [0.15, 0.2) is 4.99 Å². The molecule has 0 aromatic carbocycles. The number of sulfonamides is 1. The maximum Gasteiger partial charge on any atom is 0.511 e. The first-order valence-electron chi connectivity index (χ1n) is 8.69. The van der Waals surface area contributed by atoms with Crippen molar-refractivity contribution in [1.82, 2.24) is 14.9 Å². The first-order valence-corrected chi connectivity index (χ1v) is 10.1. The van der Waals surface area contributed by atoms with Crippen molar-refractivity contribution >= 4 is 40.0 Å². The topological polar surface area (TPSA) is 83.0 Å². The van der Waals surface area contributed by atoms with E-state index in [1.165, 1.54) is 0 Å². The predicted octanol–water partition coefficient (Wildman–Crippen LogP) is 2.15. The number of hydrogen-bond donors (Lipinski definition) is 2. The van der Waals surface area contributed by atoms with Gasteiger partial charge in [0, 0.05) is 45.9 Å². The van der Waals surface area contributed by atoms with Gasteiger partial charge in [0.2, 0.25) is 0 Å². The number of nitrogens with one attached hydrogen (secondary N) is 2. The third-order valence-corrected chi connectivity index (χ3v) is 5.49. The van der Waals surface area contributed by atoms with E-state index in [9.17, 15) is 21.6 Å².